The first-order valence-electron chi connectivity index (χ1n) is 11.3. The highest BCUT2D eigenvalue weighted by Crippen LogP contribution is 2.33. The van der Waals surface area contributed by atoms with E-state index in [0.717, 1.165) is 17.7 Å². The van der Waals surface area contributed by atoms with Gasteiger partial charge in [0.2, 0.25) is 0 Å². The van der Waals surface area contributed by atoms with Crippen molar-refractivity contribution >= 4 is 17.4 Å². The van der Waals surface area contributed by atoms with Crippen molar-refractivity contribution in [3.8, 4) is 11.1 Å². The molecule has 3 aromatic carbocycles. The van der Waals surface area contributed by atoms with Crippen molar-refractivity contribution in [1.82, 2.24) is 4.90 Å². The number of anilines is 1. The third kappa shape index (κ3) is 5.92. The summed E-state index contributed by atoms with van der Waals surface area (Å²) < 4.78 is 49.4. The Balaban J connectivity index is 1.69. The van der Waals surface area contributed by atoms with Crippen LogP contribution in [0.3, 0.4) is 0 Å². The van der Waals surface area contributed by atoms with Crippen LogP contribution in [-0.4, -0.2) is 50.2 Å². The molecular weight excluding hydrogens is 471 g/mol. The van der Waals surface area contributed by atoms with Gasteiger partial charge in [-0.1, -0.05) is 48.5 Å². The Labute approximate surface area is 207 Å². The molecule has 0 aromatic heterocycles. The van der Waals surface area contributed by atoms with Crippen LogP contribution < -0.4 is 5.32 Å². The third-order valence-electron chi connectivity index (χ3n) is 5.88. The molecule has 0 saturated carbocycles. The van der Waals surface area contributed by atoms with Crippen LogP contribution in [0, 0.1) is 0 Å². The Morgan fingerprint density at radius 2 is 1.64 bits per heavy atom. The van der Waals surface area contributed by atoms with Gasteiger partial charge in [0.05, 0.1) is 29.9 Å². The molecule has 9 heteroatoms. The molecule has 0 spiro atoms. The normalized spacial score (nSPS) is 15.1. The van der Waals surface area contributed by atoms with E-state index in [1.54, 1.807) is 23.1 Å². The lowest BCUT2D eigenvalue weighted by Crippen LogP contribution is -2.35. The number of rotatable bonds is 7. The topological polar surface area (TPSA) is 63.2 Å². The minimum Gasteiger partial charge on any atom is -0.354 e. The van der Waals surface area contributed by atoms with E-state index in [1.165, 1.54) is 26.4 Å². The molecule has 0 fully saturated rings. The van der Waals surface area contributed by atoms with Gasteiger partial charge < -0.3 is 19.7 Å². The zero-order chi connectivity index (χ0) is 25.7. The molecule has 1 amide bonds. The molecule has 1 heterocycles. The summed E-state index contributed by atoms with van der Waals surface area (Å²) in [7, 11) is 3.05. The first-order chi connectivity index (χ1) is 17.3. The van der Waals surface area contributed by atoms with E-state index in [0.29, 0.717) is 34.8 Å². The molecule has 36 heavy (non-hydrogen) atoms. The minimum atomic E-state index is -4.41. The summed E-state index contributed by atoms with van der Waals surface area (Å²) in [6, 6.07) is 19.7. The molecule has 1 aliphatic heterocycles. The molecule has 0 radical (unpaired) electrons. The SMILES string of the molecule is COC(CN=C1CN(Cc2ccccc2)C(=O)c2cc(-c3ccc(C(F)(F)F)cc3)ccc2N1)OC. The van der Waals surface area contributed by atoms with Gasteiger partial charge in [0.15, 0.2) is 6.29 Å². The number of hydrogen-bond donors (Lipinski definition) is 1. The van der Waals surface area contributed by atoms with Gasteiger partial charge in [0.1, 0.15) is 5.84 Å². The number of amidine groups is 1. The summed E-state index contributed by atoms with van der Waals surface area (Å²) in [6.07, 6.45) is -4.94. The highest BCUT2D eigenvalue weighted by molar-refractivity contribution is 6.10. The van der Waals surface area contributed by atoms with E-state index in [2.05, 4.69) is 10.3 Å². The van der Waals surface area contributed by atoms with Crippen molar-refractivity contribution in [2.45, 2.75) is 19.0 Å². The molecule has 0 unspecified atom stereocenters. The minimum absolute atomic E-state index is 0.213. The smallest absolute Gasteiger partial charge is 0.354 e. The summed E-state index contributed by atoms with van der Waals surface area (Å²) in [4.78, 5) is 19.9. The number of nitrogens with one attached hydrogen (secondary N) is 1. The van der Waals surface area contributed by atoms with Crippen LogP contribution in [-0.2, 0) is 22.2 Å². The van der Waals surface area contributed by atoms with Crippen molar-refractivity contribution in [3.63, 3.8) is 0 Å². The highest BCUT2D eigenvalue weighted by Gasteiger charge is 2.30. The predicted molar refractivity (Wildman–Crippen MR) is 132 cm³/mol. The number of benzene rings is 3. The van der Waals surface area contributed by atoms with Gasteiger partial charge in [-0.05, 0) is 41.0 Å². The zero-order valence-electron chi connectivity index (χ0n) is 19.9. The number of aliphatic imine (C=N–C) groups is 1. The largest absolute Gasteiger partial charge is 0.416 e. The number of halogens is 3. The molecule has 3 aromatic rings. The fourth-order valence-corrected chi connectivity index (χ4v) is 3.93. The zero-order valence-corrected chi connectivity index (χ0v) is 19.9. The second-order valence-corrected chi connectivity index (χ2v) is 8.30. The van der Waals surface area contributed by atoms with E-state index < -0.39 is 18.0 Å². The molecule has 1 aliphatic rings. The number of nitrogens with zero attached hydrogens (tertiary/aromatic N) is 2. The van der Waals surface area contributed by atoms with Crippen LogP contribution in [0.5, 0.6) is 0 Å². The summed E-state index contributed by atoms with van der Waals surface area (Å²) in [5.74, 6) is 0.356. The van der Waals surface area contributed by atoms with Crippen LogP contribution in [0.15, 0.2) is 77.8 Å². The van der Waals surface area contributed by atoms with E-state index in [9.17, 15) is 18.0 Å². The lowest BCUT2D eigenvalue weighted by molar-refractivity contribution is -0.137. The van der Waals surface area contributed by atoms with E-state index >= 15 is 0 Å². The Bertz CT molecular complexity index is 1220. The number of methoxy groups -OCH3 is 2. The number of alkyl halides is 3. The average Bonchev–Trinajstić information content (AvgIpc) is 3.01. The lowest BCUT2D eigenvalue weighted by atomic mass is 10.00. The van der Waals surface area contributed by atoms with Gasteiger partial charge in [0.25, 0.3) is 5.91 Å². The number of hydrogen-bond acceptors (Lipinski definition) is 4. The number of fused-ring (bicyclic) bond motifs is 1. The molecular formula is C27H26F3N3O3. The van der Waals surface area contributed by atoms with E-state index in [-0.39, 0.29) is 19.0 Å². The summed E-state index contributed by atoms with van der Waals surface area (Å²) in [6.45, 7) is 0.835. The Kier molecular flexibility index (Phi) is 7.71. The Morgan fingerprint density at radius 1 is 0.972 bits per heavy atom. The monoisotopic (exact) mass is 497 g/mol. The molecule has 188 valence electrons. The first-order valence-corrected chi connectivity index (χ1v) is 11.3. The number of carbonyl (C=O) groups is 1. The maximum absolute atomic E-state index is 13.6. The quantitative estimate of drug-likeness (QED) is 0.441. The Morgan fingerprint density at radius 3 is 2.28 bits per heavy atom. The van der Waals surface area contributed by atoms with Crippen molar-refractivity contribution < 1.29 is 27.4 Å². The number of ether oxygens (including phenoxy) is 2. The lowest BCUT2D eigenvalue weighted by Gasteiger charge is -2.21. The van der Waals surface area contributed by atoms with Gasteiger partial charge in [-0.2, -0.15) is 13.2 Å². The van der Waals surface area contributed by atoms with Gasteiger partial charge in [-0.25, -0.2) is 0 Å². The third-order valence-corrected chi connectivity index (χ3v) is 5.88. The van der Waals surface area contributed by atoms with Gasteiger partial charge in [-0.15, -0.1) is 0 Å². The summed E-state index contributed by atoms with van der Waals surface area (Å²) >= 11 is 0. The van der Waals surface area contributed by atoms with E-state index in [1.807, 2.05) is 30.3 Å². The second-order valence-electron chi connectivity index (χ2n) is 8.30. The molecule has 6 nitrogen and oxygen atoms in total. The van der Waals surface area contributed by atoms with Crippen molar-refractivity contribution in [2.75, 3.05) is 32.6 Å². The first kappa shape index (κ1) is 25.4. The molecule has 0 aliphatic carbocycles. The average molecular weight is 498 g/mol. The van der Waals surface area contributed by atoms with Crippen LogP contribution in [0.25, 0.3) is 11.1 Å². The molecule has 4 rings (SSSR count). The molecule has 0 atom stereocenters. The maximum Gasteiger partial charge on any atom is 0.416 e. The summed E-state index contributed by atoms with van der Waals surface area (Å²) in [5, 5.41) is 3.24. The fourth-order valence-electron chi connectivity index (χ4n) is 3.93. The van der Waals surface area contributed by atoms with Crippen LogP contribution in [0.1, 0.15) is 21.5 Å². The van der Waals surface area contributed by atoms with Crippen LogP contribution >= 0.6 is 0 Å². The fraction of sp³-hybridized carbons (Fsp3) is 0.259. The molecule has 0 bridgehead atoms. The highest BCUT2D eigenvalue weighted by atomic mass is 19.4. The molecule has 0 saturated heterocycles. The number of amides is 1. The van der Waals surface area contributed by atoms with Crippen LogP contribution in [0.4, 0.5) is 18.9 Å². The van der Waals surface area contributed by atoms with Crippen molar-refractivity contribution in [3.05, 3.63) is 89.5 Å². The summed E-state index contributed by atoms with van der Waals surface area (Å²) in [5.41, 5.74) is 2.42. The maximum atomic E-state index is 13.6. The van der Waals surface area contributed by atoms with Gasteiger partial charge in [-0.3, -0.25) is 9.79 Å². The Hall–Kier alpha value is -3.69. The van der Waals surface area contributed by atoms with E-state index in [4.69, 9.17) is 9.47 Å². The van der Waals surface area contributed by atoms with Gasteiger partial charge in [0, 0.05) is 20.8 Å². The second kappa shape index (κ2) is 10.9. The predicted octanol–water partition coefficient (Wildman–Crippen LogP) is 5.46. The van der Waals surface area contributed by atoms with Crippen molar-refractivity contribution in [1.29, 1.82) is 0 Å². The van der Waals surface area contributed by atoms with Gasteiger partial charge >= 0.3 is 6.18 Å². The number of carbonyl (C=O) groups excluding carboxylic acids is 1. The van der Waals surface area contributed by atoms with Crippen LogP contribution in [0.2, 0.25) is 0 Å². The van der Waals surface area contributed by atoms with Crippen molar-refractivity contribution in [2.24, 2.45) is 4.99 Å². The molecule has 1 N–H and O–H groups in total. The standard InChI is InChI=1S/C27H26F3N3O3/c1-35-25(36-2)15-31-24-17-33(16-18-6-4-3-5-7-18)26(34)22-14-20(10-13-23(22)32-24)19-8-11-21(12-9-19)27(28,29)30/h3-14,25H,15-17H2,1-2H3,(H,31,32).